The highest BCUT2D eigenvalue weighted by atomic mass is 16.5. The fraction of sp³-hybridized carbons (Fsp3) is 0.273. The summed E-state index contributed by atoms with van der Waals surface area (Å²) in [5.74, 6) is 1.21. The van der Waals surface area contributed by atoms with Crippen molar-refractivity contribution in [3.05, 3.63) is 116 Å². The van der Waals surface area contributed by atoms with E-state index < -0.39 is 5.76 Å². The lowest BCUT2D eigenvalue weighted by atomic mass is 9.96. The Labute approximate surface area is 238 Å². The number of aryl methyl sites for hydroxylation is 2. The summed E-state index contributed by atoms with van der Waals surface area (Å²) < 4.78 is 12.2. The minimum atomic E-state index is -0.596. The second-order valence-corrected chi connectivity index (χ2v) is 10.4. The summed E-state index contributed by atoms with van der Waals surface area (Å²) in [5, 5.41) is 3.85. The normalized spacial score (nSPS) is 11.2. The van der Waals surface area contributed by atoms with Gasteiger partial charge in [-0.1, -0.05) is 67.0 Å². The van der Waals surface area contributed by atoms with Crippen LogP contribution >= 0.6 is 0 Å². The molecule has 2 heterocycles. The van der Waals surface area contributed by atoms with Crippen molar-refractivity contribution in [2.75, 3.05) is 0 Å². The maximum atomic E-state index is 14.0. The summed E-state index contributed by atoms with van der Waals surface area (Å²) in [5.41, 5.74) is 5.92. The molecule has 0 radical (unpaired) electrons. The van der Waals surface area contributed by atoms with Crippen LogP contribution in [0.1, 0.15) is 56.3 Å². The van der Waals surface area contributed by atoms with E-state index in [1.807, 2.05) is 93.6 Å². The number of benzene rings is 3. The Balaban J connectivity index is 1.49. The second-order valence-electron chi connectivity index (χ2n) is 10.4. The van der Waals surface area contributed by atoms with E-state index in [2.05, 4.69) is 17.1 Å². The highest BCUT2D eigenvalue weighted by Gasteiger charge is 2.17. The molecule has 210 valence electrons. The predicted molar refractivity (Wildman–Crippen MR) is 160 cm³/mol. The monoisotopic (exact) mass is 550 g/mol. The van der Waals surface area contributed by atoms with Gasteiger partial charge in [0.2, 0.25) is 0 Å². The molecule has 0 saturated heterocycles. The lowest BCUT2D eigenvalue weighted by Crippen LogP contribution is -2.28. The number of aromatic nitrogens is 4. The standard InChI is InChI=1S/C33H34N4O4/c1-5-6-11-30-29(32(38)37(22(4)34-30)25-16-18-26(19-17-25)40-21(2)3)20-23-12-14-24(15-13-23)27-9-7-8-10-28(27)31-35-33(39)41-36-31/h7-10,12-19,21H,5-6,11,20H2,1-4H3,(H,35,36,39). The first-order valence-electron chi connectivity index (χ1n) is 14.0. The van der Waals surface area contributed by atoms with Gasteiger partial charge < -0.3 is 4.74 Å². The van der Waals surface area contributed by atoms with Crippen LogP contribution in [0.15, 0.2) is 86.9 Å². The van der Waals surface area contributed by atoms with Crippen molar-refractivity contribution >= 4 is 0 Å². The summed E-state index contributed by atoms with van der Waals surface area (Å²) in [7, 11) is 0. The Morgan fingerprint density at radius 1 is 0.951 bits per heavy atom. The molecule has 8 heteroatoms. The molecule has 0 saturated carbocycles. The molecule has 8 nitrogen and oxygen atoms in total. The molecule has 0 amide bonds. The quantitative estimate of drug-likeness (QED) is 0.220. The Morgan fingerprint density at radius 2 is 1.66 bits per heavy atom. The van der Waals surface area contributed by atoms with Gasteiger partial charge in [-0.15, -0.1) is 0 Å². The molecule has 0 fully saturated rings. The van der Waals surface area contributed by atoms with Crippen LogP contribution in [0, 0.1) is 6.92 Å². The lowest BCUT2D eigenvalue weighted by molar-refractivity contribution is 0.242. The van der Waals surface area contributed by atoms with Gasteiger partial charge in [-0.05, 0) is 74.6 Å². The molecule has 0 spiro atoms. The van der Waals surface area contributed by atoms with Gasteiger partial charge in [0.05, 0.1) is 17.5 Å². The van der Waals surface area contributed by atoms with E-state index in [1.54, 1.807) is 4.57 Å². The summed E-state index contributed by atoms with van der Waals surface area (Å²) in [6.45, 7) is 7.99. The van der Waals surface area contributed by atoms with Crippen LogP contribution < -0.4 is 16.1 Å². The smallest absolute Gasteiger partial charge is 0.439 e. The van der Waals surface area contributed by atoms with E-state index in [1.165, 1.54) is 0 Å². The largest absolute Gasteiger partial charge is 0.491 e. The Morgan fingerprint density at radius 3 is 2.29 bits per heavy atom. The summed E-state index contributed by atoms with van der Waals surface area (Å²) >= 11 is 0. The minimum Gasteiger partial charge on any atom is -0.491 e. The molecule has 0 aliphatic heterocycles. The van der Waals surface area contributed by atoms with E-state index in [0.717, 1.165) is 58.6 Å². The summed E-state index contributed by atoms with van der Waals surface area (Å²) in [6, 6.07) is 23.4. The molecule has 0 atom stereocenters. The van der Waals surface area contributed by atoms with Crippen LogP contribution in [0.4, 0.5) is 0 Å². The first-order chi connectivity index (χ1) is 19.8. The lowest BCUT2D eigenvalue weighted by Gasteiger charge is -2.17. The number of rotatable bonds is 10. The number of unbranched alkanes of at least 4 members (excludes halogenated alkanes) is 1. The number of nitrogens with one attached hydrogen (secondary N) is 1. The number of hydrogen-bond acceptors (Lipinski definition) is 6. The van der Waals surface area contributed by atoms with Crippen molar-refractivity contribution in [3.8, 4) is 34.0 Å². The van der Waals surface area contributed by atoms with E-state index in [-0.39, 0.29) is 11.7 Å². The maximum absolute atomic E-state index is 14.0. The Bertz CT molecular complexity index is 1750. The van der Waals surface area contributed by atoms with Crippen molar-refractivity contribution in [1.82, 2.24) is 19.7 Å². The first-order valence-corrected chi connectivity index (χ1v) is 14.0. The van der Waals surface area contributed by atoms with Gasteiger partial charge in [-0.25, -0.2) is 9.78 Å². The zero-order chi connectivity index (χ0) is 28.9. The molecular formula is C33H34N4O4. The van der Waals surface area contributed by atoms with Crippen molar-refractivity contribution in [2.45, 2.75) is 59.5 Å². The van der Waals surface area contributed by atoms with E-state index in [0.29, 0.717) is 23.6 Å². The molecule has 0 aliphatic rings. The van der Waals surface area contributed by atoms with Crippen molar-refractivity contribution < 1.29 is 9.26 Å². The molecule has 5 aromatic rings. The van der Waals surface area contributed by atoms with Crippen molar-refractivity contribution in [3.63, 3.8) is 0 Å². The molecule has 1 N–H and O–H groups in total. The van der Waals surface area contributed by atoms with Gasteiger partial charge in [0.1, 0.15) is 11.6 Å². The molecule has 2 aromatic heterocycles. The van der Waals surface area contributed by atoms with Crippen LogP contribution in [0.3, 0.4) is 0 Å². The fourth-order valence-corrected chi connectivity index (χ4v) is 4.99. The average molecular weight is 551 g/mol. The summed E-state index contributed by atoms with van der Waals surface area (Å²) in [4.78, 5) is 33.0. The SMILES string of the molecule is CCCCc1nc(C)n(-c2ccc(OC(C)C)cc2)c(=O)c1Cc1ccc(-c2ccccc2-c2noc(=O)[nH]2)cc1. The maximum Gasteiger partial charge on any atom is 0.439 e. The van der Waals surface area contributed by atoms with Crippen LogP contribution in [0.5, 0.6) is 5.75 Å². The number of hydrogen-bond donors (Lipinski definition) is 1. The molecule has 3 aromatic carbocycles. The van der Waals surface area contributed by atoms with Gasteiger partial charge in [0.15, 0.2) is 5.82 Å². The number of nitrogens with zero attached hydrogens (tertiary/aromatic N) is 3. The third kappa shape index (κ3) is 6.22. The third-order valence-corrected chi connectivity index (χ3v) is 6.93. The third-order valence-electron chi connectivity index (χ3n) is 6.93. The Hall–Kier alpha value is -4.72. The fourth-order valence-electron chi connectivity index (χ4n) is 4.99. The second kappa shape index (κ2) is 12.2. The van der Waals surface area contributed by atoms with Crippen LogP contribution in [-0.2, 0) is 12.8 Å². The van der Waals surface area contributed by atoms with E-state index in [9.17, 15) is 9.59 Å². The van der Waals surface area contributed by atoms with Gasteiger partial charge in [0.25, 0.3) is 5.56 Å². The van der Waals surface area contributed by atoms with E-state index >= 15 is 0 Å². The Kier molecular flexibility index (Phi) is 8.29. The number of ether oxygens (including phenoxy) is 1. The van der Waals surface area contributed by atoms with Crippen LogP contribution in [0.25, 0.3) is 28.2 Å². The zero-order valence-electron chi connectivity index (χ0n) is 23.8. The van der Waals surface area contributed by atoms with Gasteiger partial charge in [-0.2, -0.15) is 0 Å². The van der Waals surface area contributed by atoms with Crippen molar-refractivity contribution in [1.29, 1.82) is 0 Å². The van der Waals surface area contributed by atoms with Gasteiger partial charge in [0, 0.05) is 17.5 Å². The van der Waals surface area contributed by atoms with Crippen LogP contribution in [0.2, 0.25) is 0 Å². The minimum absolute atomic E-state index is 0.0504. The highest BCUT2D eigenvalue weighted by molar-refractivity contribution is 5.80. The van der Waals surface area contributed by atoms with Gasteiger partial charge in [-0.3, -0.25) is 18.9 Å². The van der Waals surface area contributed by atoms with Gasteiger partial charge >= 0.3 is 5.76 Å². The van der Waals surface area contributed by atoms with Crippen molar-refractivity contribution in [2.24, 2.45) is 0 Å². The van der Waals surface area contributed by atoms with E-state index in [4.69, 9.17) is 14.2 Å². The van der Waals surface area contributed by atoms with Crippen LogP contribution in [-0.4, -0.2) is 25.8 Å². The predicted octanol–water partition coefficient (Wildman–Crippen LogP) is 6.27. The molecular weight excluding hydrogens is 516 g/mol. The average Bonchev–Trinajstić information content (AvgIpc) is 3.40. The molecule has 5 rings (SSSR count). The zero-order valence-corrected chi connectivity index (χ0v) is 23.8. The molecule has 0 unspecified atom stereocenters. The number of aromatic amines is 1. The summed E-state index contributed by atoms with van der Waals surface area (Å²) in [6.07, 6.45) is 3.28. The highest BCUT2D eigenvalue weighted by Crippen LogP contribution is 2.30. The molecule has 41 heavy (non-hydrogen) atoms. The number of H-pyrrole nitrogens is 1. The first kappa shape index (κ1) is 27.8. The topological polar surface area (TPSA) is 103 Å². The molecule has 0 aliphatic carbocycles. The molecule has 0 bridgehead atoms.